The molecule has 3 nitrogen and oxygen atoms in total. The van der Waals surface area contributed by atoms with Gasteiger partial charge >= 0.3 is 5.97 Å². The fourth-order valence-corrected chi connectivity index (χ4v) is 1.33. The fourth-order valence-electron chi connectivity index (χ4n) is 1.33. The smallest absolute Gasteiger partial charge is 0.326 e. The standard InChI is InChI=1S/C11H13F2NO2/c1-6(2)10(11(15)16)14-9-4-7(12)3-8(13)5-9/h3-6,10,14H,1-2H3,(H,15,16). The number of hydrogen-bond donors (Lipinski definition) is 2. The number of rotatable bonds is 4. The van der Waals surface area contributed by atoms with Gasteiger partial charge in [-0.2, -0.15) is 0 Å². The van der Waals surface area contributed by atoms with Crippen LogP contribution in [0.1, 0.15) is 13.8 Å². The molecule has 0 bridgehead atoms. The maximum absolute atomic E-state index is 12.9. The van der Waals surface area contributed by atoms with Crippen LogP contribution in [0.4, 0.5) is 14.5 Å². The number of carboxylic acid groups (broad SMARTS) is 1. The van der Waals surface area contributed by atoms with Gasteiger partial charge in [0.25, 0.3) is 0 Å². The minimum absolute atomic E-state index is 0.124. The van der Waals surface area contributed by atoms with Gasteiger partial charge in [-0.05, 0) is 18.1 Å². The van der Waals surface area contributed by atoms with E-state index in [9.17, 15) is 13.6 Å². The lowest BCUT2D eigenvalue weighted by atomic mass is 10.0. The van der Waals surface area contributed by atoms with E-state index in [1.165, 1.54) is 0 Å². The Balaban J connectivity index is 2.89. The summed E-state index contributed by atoms with van der Waals surface area (Å²) >= 11 is 0. The summed E-state index contributed by atoms with van der Waals surface area (Å²) in [4.78, 5) is 10.9. The molecule has 1 rings (SSSR count). The second-order valence-corrected chi connectivity index (χ2v) is 3.86. The molecule has 0 radical (unpaired) electrons. The van der Waals surface area contributed by atoms with Gasteiger partial charge in [-0.3, -0.25) is 0 Å². The Labute approximate surface area is 92.1 Å². The average Bonchev–Trinajstić information content (AvgIpc) is 2.11. The molecule has 0 saturated carbocycles. The summed E-state index contributed by atoms with van der Waals surface area (Å²) in [5.41, 5.74) is 0.124. The van der Waals surface area contributed by atoms with Crippen LogP contribution >= 0.6 is 0 Å². The van der Waals surface area contributed by atoms with E-state index in [0.717, 1.165) is 18.2 Å². The summed E-state index contributed by atoms with van der Waals surface area (Å²) in [6.45, 7) is 3.42. The molecule has 0 saturated heterocycles. The zero-order chi connectivity index (χ0) is 12.3. The Hall–Kier alpha value is -1.65. The predicted octanol–water partition coefficient (Wildman–Crippen LogP) is 2.49. The second-order valence-electron chi connectivity index (χ2n) is 3.86. The number of halogens is 2. The molecule has 0 fully saturated rings. The van der Waals surface area contributed by atoms with Crippen LogP contribution in [-0.2, 0) is 4.79 Å². The molecule has 1 aromatic carbocycles. The van der Waals surface area contributed by atoms with Crippen molar-refractivity contribution in [3.05, 3.63) is 29.8 Å². The number of nitrogens with one attached hydrogen (secondary N) is 1. The molecule has 88 valence electrons. The summed E-state index contributed by atoms with van der Waals surface area (Å²) in [7, 11) is 0. The first kappa shape index (κ1) is 12.4. The second kappa shape index (κ2) is 4.92. The molecular weight excluding hydrogens is 216 g/mol. The zero-order valence-electron chi connectivity index (χ0n) is 9.00. The van der Waals surface area contributed by atoms with Crippen molar-refractivity contribution in [2.24, 2.45) is 5.92 Å². The van der Waals surface area contributed by atoms with E-state index < -0.39 is 23.6 Å². The van der Waals surface area contributed by atoms with Gasteiger partial charge in [0.1, 0.15) is 17.7 Å². The van der Waals surface area contributed by atoms with Crippen LogP contribution in [0, 0.1) is 17.6 Å². The van der Waals surface area contributed by atoms with Crippen molar-refractivity contribution in [2.45, 2.75) is 19.9 Å². The van der Waals surface area contributed by atoms with Crippen LogP contribution in [0.15, 0.2) is 18.2 Å². The number of anilines is 1. The van der Waals surface area contributed by atoms with Crippen LogP contribution in [0.5, 0.6) is 0 Å². The lowest BCUT2D eigenvalue weighted by Crippen LogP contribution is -2.34. The summed E-state index contributed by atoms with van der Waals surface area (Å²) in [6.07, 6.45) is 0. The molecule has 0 aliphatic rings. The Kier molecular flexibility index (Phi) is 3.82. The molecule has 1 aromatic rings. The Morgan fingerprint density at radius 3 is 2.12 bits per heavy atom. The zero-order valence-corrected chi connectivity index (χ0v) is 9.00. The number of hydrogen-bond acceptors (Lipinski definition) is 2. The molecule has 1 atom stereocenters. The highest BCUT2D eigenvalue weighted by atomic mass is 19.1. The van der Waals surface area contributed by atoms with Crippen molar-refractivity contribution in [3.8, 4) is 0 Å². The third-order valence-corrected chi connectivity index (χ3v) is 2.12. The summed E-state index contributed by atoms with van der Waals surface area (Å²) in [6, 6.07) is 1.97. The van der Waals surface area contributed by atoms with E-state index in [1.807, 2.05) is 0 Å². The highest BCUT2D eigenvalue weighted by Crippen LogP contribution is 2.16. The van der Waals surface area contributed by atoms with Gasteiger partial charge in [0.2, 0.25) is 0 Å². The first-order valence-electron chi connectivity index (χ1n) is 4.85. The minimum atomic E-state index is -1.06. The molecule has 16 heavy (non-hydrogen) atoms. The maximum atomic E-state index is 12.9. The highest BCUT2D eigenvalue weighted by molar-refractivity contribution is 5.77. The van der Waals surface area contributed by atoms with Gasteiger partial charge in [-0.15, -0.1) is 0 Å². The summed E-state index contributed by atoms with van der Waals surface area (Å²) in [5.74, 6) is -2.73. The van der Waals surface area contributed by atoms with Crippen molar-refractivity contribution in [1.82, 2.24) is 0 Å². The molecule has 0 aliphatic heterocycles. The van der Waals surface area contributed by atoms with Crippen molar-refractivity contribution in [3.63, 3.8) is 0 Å². The SMILES string of the molecule is CC(C)C(Nc1cc(F)cc(F)c1)C(=O)O. The van der Waals surface area contributed by atoms with Gasteiger partial charge < -0.3 is 10.4 Å². The van der Waals surface area contributed by atoms with Crippen molar-refractivity contribution in [1.29, 1.82) is 0 Å². The lowest BCUT2D eigenvalue weighted by Gasteiger charge is -2.19. The third-order valence-electron chi connectivity index (χ3n) is 2.12. The Bertz CT molecular complexity index is 373. The van der Waals surface area contributed by atoms with Crippen LogP contribution in [0.2, 0.25) is 0 Å². The van der Waals surface area contributed by atoms with Gasteiger partial charge in [-0.25, -0.2) is 13.6 Å². The first-order valence-corrected chi connectivity index (χ1v) is 4.85. The van der Waals surface area contributed by atoms with Gasteiger partial charge in [0, 0.05) is 11.8 Å². The van der Waals surface area contributed by atoms with Crippen molar-refractivity contribution < 1.29 is 18.7 Å². The number of benzene rings is 1. The first-order chi connectivity index (χ1) is 7.40. The lowest BCUT2D eigenvalue weighted by molar-refractivity contribution is -0.138. The number of aliphatic carboxylic acids is 1. The Morgan fingerprint density at radius 1 is 1.25 bits per heavy atom. The Morgan fingerprint density at radius 2 is 1.75 bits per heavy atom. The summed E-state index contributed by atoms with van der Waals surface area (Å²) in [5, 5.41) is 11.5. The number of carboxylic acids is 1. The molecule has 0 heterocycles. The van der Waals surface area contributed by atoms with Crippen LogP contribution in [-0.4, -0.2) is 17.1 Å². The predicted molar refractivity (Wildman–Crippen MR) is 56.2 cm³/mol. The van der Waals surface area contributed by atoms with Crippen LogP contribution in [0.25, 0.3) is 0 Å². The molecular formula is C11H13F2NO2. The van der Waals surface area contributed by atoms with E-state index in [-0.39, 0.29) is 11.6 Å². The van der Waals surface area contributed by atoms with Crippen LogP contribution < -0.4 is 5.32 Å². The van der Waals surface area contributed by atoms with E-state index in [0.29, 0.717) is 0 Å². The average molecular weight is 229 g/mol. The van der Waals surface area contributed by atoms with E-state index in [2.05, 4.69) is 5.32 Å². The monoisotopic (exact) mass is 229 g/mol. The fraction of sp³-hybridized carbons (Fsp3) is 0.364. The van der Waals surface area contributed by atoms with Gasteiger partial charge in [0.05, 0.1) is 0 Å². The molecule has 2 N–H and O–H groups in total. The molecule has 0 spiro atoms. The van der Waals surface area contributed by atoms with Gasteiger partial charge in [0.15, 0.2) is 0 Å². The van der Waals surface area contributed by atoms with Gasteiger partial charge in [-0.1, -0.05) is 13.8 Å². The van der Waals surface area contributed by atoms with E-state index >= 15 is 0 Å². The topological polar surface area (TPSA) is 49.3 Å². The quantitative estimate of drug-likeness (QED) is 0.833. The molecule has 1 unspecified atom stereocenters. The normalized spacial score (nSPS) is 12.6. The third kappa shape index (κ3) is 3.18. The molecule has 0 amide bonds. The largest absolute Gasteiger partial charge is 0.480 e. The van der Waals surface area contributed by atoms with Crippen LogP contribution in [0.3, 0.4) is 0 Å². The maximum Gasteiger partial charge on any atom is 0.326 e. The van der Waals surface area contributed by atoms with Crippen molar-refractivity contribution in [2.75, 3.05) is 5.32 Å². The van der Waals surface area contributed by atoms with E-state index in [4.69, 9.17) is 5.11 Å². The minimum Gasteiger partial charge on any atom is -0.480 e. The molecule has 0 aliphatic carbocycles. The highest BCUT2D eigenvalue weighted by Gasteiger charge is 2.21. The molecule has 0 aromatic heterocycles. The summed E-state index contributed by atoms with van der Waals surface area (Å²) < 4.78 is 25.7. The van der Waals surface area contributed by atoms with Crippen molar-refractivity contribution >= 4 is 11.7 Å². The van der Waals surface area contributed by atoms with E-state index in [1.54, 1.807) is 13.8 Å². The number of carbonyl (C=O) groups is 1. The molecule has 5 heteroatoms.